The lowest BCUT2D eigenvalue weighted by Crippen LogP contribution is -2.70. The van der Waals surface area contributed by atoms with Crippen LogP contribution in [0.2, 0.25) is 0 Å². The monoisotopic (exact) mass is 426 g/mol. The first kappa shape index (κ1) is 19.5. The lowest BCUT2D eigenvalue weighted by molar-refractivity contribution is -0.0381. The number of fused-ring (bicyclic) bond motifs is 3. The van der Waals surface area contributed by atoms with Crippen molar-refractivity contribution < 1.29 is 19.0 Å². The van der Waals surface area contributed by atoms with Crippen molar-refractivity contribution in [1.82, 2.24) is 24.5 Å². The van der Waals surface area contributed by atoms with E-state index in [1.165, 1.54) is 16.6 Å². The molecule has 0 radical (unpaired) electrons. The van der Waals surface area contributed by atoms with Crippen LogP contribution in [0.3, 0.4) is 0 Å². The number of aromatic hydroxyl groups is 1. The highest BCUT2D eigenvalue weighted by molar-refractivity contribution is 5.71. The number of ether oxygens (including phenoxy) is 1. The third-order valence-corrected chi connectivity index (χ3v) is 5.52. The molecular weight excluding hydrogens is 403 g/mol. The highest BCUT2D eigenvalue weighted by atomic mass is 19.1. The summed E-state index contributed by atoms with van der Waals surface area (Å²) in [6.45, 7) is 6.73. The summed E-state index contributed by atoms with van der Waals surface area (Å²) < 4.78 is 20.3. The summed E-state index contributed by atoms with van der Waals surface area (Å²) in [4.78, 5) is 24.9. The van der Waals surface area contributed by atoms with E-state index < -0.39 is 11.4 Å². The topological polar surface area (TPSA) is 96.1 Å². The number of piperidine rings is 1. The number of hydrogen-bond donors (Lipinski definition) is 1. The fourth-order valence-corrected chi connectivity index (χ4v) is 4.18. The van der Waals surface area contributed by atoms with Crippen molar-refractivity contribution in [2.24, 2.45) is 0 Å². The summed E-state index contributed by atoms with van der Waals surface area (Å²) in [5, 5.41) is 14.9. The van der Waals surface area contributed by atoms with Gasteiger partial charge in [0.1, 0.15) is 11.4 Å². The van der Waals surface area contributed by atoms with E-state index in [-0.39, 0.29) is 23.9 Å². The second-order valence-electron chi connectivity index (χ2n) is 8.95. The first-order valence-corrected chi connectivity index (χ1v) is 10.2. The Hall–Kier alpha value is -3.43. The summed E-state index contributed by atoms with van der Waals surface area (Å²) in [5.41, 5.74) is 0.859. The number of halogens is 1. The van der Waals surface area contributed by atoms with Crippen LogP contribution in [0.5, 0.6) is 5.75 Å². The molecule has 2 atom stereocenters. The largest absolute Gasteiger partial charge is 0.504 e. The number of amides is 1. The molecule has 10 heteroatoms. The minimum Gasteiger partial charge on any atom is -0.504 e. The maximum atomic E-state index is 13.3. The molecule has 0 saturated carbocycles. The number of aromatic nitrogens is 4. The zero-order valence-electron chi connectivity index (χ0n) is 17.5. The molecule has 3 saturated heterocycles. The highest BCUT2D eigenvalue weighted by Gasteiger charge is 2.49. The van der Waals surface area contributed by atoms with Crippen molar-refractivity contribution in [3.8, 4) is 17.1 Å². The van der Waals surface area contributed by atoms with Crippen LogP contribution in [-0.4, -0.2) is 66.5 Å². The molecule has 6 rings (SSSR count). The molecule has 0 aliphatic carbocycles. The molecule has 162 valence electrons. The van der Waals surface area contributed by atoms with Crippen LogP contribution in [0.25, 0.3) is 17.0 Å². The van der Waals surface area contributed by atoms with Crippen molar-refractivity contribution in [2.45, 2.75) is 44.9 Å². The molecular formula is C21H23FN6O3. The normalized spacial score (nSPS) is 20.6. The SMILES string of the molecule is CC(C)(C)OC(=O)N1C2CC1CN(c1nc3c(O)ccc(-c4ccc(F)cn4)n3n1)C2. The van der Waals surface area contributed by atoms with Gasteiger partial charge in [0.05, 0.1) is 29.7 Å². The van der Waals surface area contributed by atoms with Gasteiger partial charge in [0.15, 0.2) is 11.4 Å². The predicted molar refractivity (Wildman–Crippen MR) is 110 cm³/mol. The molecule has 2 unspecified atom stereocenters. The Morgan fingerprint density at radius 2 is 1.94 bits per heavy atom. The third-order valence-electron chi connectivity index (χ3n) is 5.52. The maximum Gasteiger partial charge on any atom is 0.410 e. The second kappa shape index (κ2) is 6.79. The molecule has 0 aromatic carbocycles. The van der Waals surface area contributed by atoms with Crippen molar-refractivity contribution in [1.29, 1.82) is 0 Å². The van der Waals surface area contributed by atoms with Gasteiger partial charge in [-0.05, 0) is 51.5 Å². The van der Waals surface area contributed by atoms with E-state index >= 15 is 0 Å². The van der Waals surface area contributed by atoms with Crippen LogP contribution in [-0.2, 0) is 4.74 Å². The predicted octanol–water partition coefficient (Wildman–Crippen LogP) is 2.83. The molecule has 1 amide bonds. The highest BCUT2D eigenvalue weighted by Crippen LogP contribution is 2.36. The third kappa shape index (κ3) is 3.41. The summed E-state index contributed by atoms with van der Waals surface area (Å²) >= 11 is 0. The number of carbonyl (C=O) groups is 1. The van der Waals surface area contributed by atoms with Gasteiger partial charge in [0.2, 0.25) is 5.95 Å². The lowest BCUT2D eigenvalue weighted by atomic mass is 9.88. The van der Waals surface area contributed by atoms with Crippen LogP contribution in [0.4, 0.5) is 15.1 Å². The Balaban J connectivity index is 1.41. The molecule has 3 aliphatic rings. The fourth-order valence-electron chi connectivity index (χ4n) is 4.18. The van der Waals surface area contributed by atoms with E-state index in [9.17, 15) is 14.3 Å². The summed E-state index contributed by atoms with van der Waals surface area (Å²) in [6, 6.07) is 6.13. The first-order valence-electron chi connectivity index (χ1n) is 10.2. The summed E-state index contributed by atoms with van der Waals surface area (Å²) in [6.07, 6.45) is 1.76. The Kier molecular flexibility index (Phi) is 4.28. The lowest BCUT2D eigenvalue weighted by Gasteiger charge is -2.55. The van der Waals surface area contributed by atoms with Crippen molar-refractivity contribution in [3.63, 3.8) is 0 Å². The van der Waals surface area contributed by atoms with Crippen molar-refractivity contribution in [3.05, 3.63) is 36.3 Å². The minimum atomic E-state index is -0.536. The van der Waals surface area contributed by atoms with Gasteiger partial charge in [-0.25, -0.2) is 13.7 Å². The molecule has 9 nitrogen and oxygen atoms in total. The quantitative estimate of drug-likeness (QED) is 0.673. The standard InChI is InChI=1S/C21H23FN6O3/c1-21(2,3)31-20(30)27-13-8-14(27)11-26(10-13)19-24-18-17(29)7-6-16(28(18)25-19)15-5-4-12(22)9-23-15/h4-7,9,13-14,29H,8,10-11H2,1-3H3. The van der Waals surface area contributed by atoms with Crippen LogP contribution < -0.4 is 4.90 Å². The molecule has 2 bridgehead atoms. The van der Waals surface area contributed by atoms with E-state index in [4.69, 9.17) is 4.74 Å². The molecule has 3 aromatic rings. The molecule has 3 aromatic heterocycles. The van der Waals surface area contributed by atoms with Gasteiger partial charge in [0, 0.05) is 13.1 Å². The number of anilines is 1. The number of pyridine rings is 2. The average Bonchev–Trinajstić information content (AvgIpc) is 3.14. The minimum absolute atomic E-state index is 0.0119. The Labute approximate surface area is 178 Å². The molecule has 1 N–H and O–H groups in total. The zero-order valence-corrected chi connectivity index (χ0v) is 17.5. The number of piperazine rings is 1. The van der Waals surface area contributed by atoms with Crippen molar-refractivity contribution >= 4 is 17.7 Å². The Morgan fingerprint density at radius 1 is 1.19 bits per heavy atom. The van der Waals surface area contributed by atoms with Gasteiger partial charge in [-0.3, -0.25) is 9.88 Å². The van der Waals surface area contributed by atoms with Gasteiger partial charge < -0.3 is 14.7 Å². The van der Waals surface area contributed by atoms with Crippen LogP contribution in [0.1, 0.15) is 27.2 Å². The second-order valence-corrected chi connectivity index (χ2v) is 8.95. The smallest absolute Gasteiger partial charge is 0.410 e. The summed E-state index contributed by atoms with van der Waals surface area (Å²) in [7, 11) is 0. The molecule has 0 spiro atoms. The van der Waals surface area contributed by atoms with E-state index in [2.05, 4.69) is 15.1 Å². The number of carbonyl (C=O) groups excluding carboxylic acids is 1. The molecule has 6 heterocycles. The van der Waals surface area contributed by atoms with Crippen LogP contribution in [0, 0.1) is 5.82 Å². The van der Waals surface area contributed by atoms with Gasteiger partial charge in [-0.2, -0.15) is 4.98 Å². The molecule has 3 aliphatic heterocycles. The van der Waals surface area contributed by atoms with Crippen LogP contribution in [0.15, 0.2) is 30.5 Å². The maximum absolute atomic E-state index is 13.3. The Bertz CT molecular complexity index is 1140. The van der Waals surface area contributed by atoms with E-state index in [0.29, 0.717) is 36.1 Å². The van der Waals surface area contributed by atoms with Gasteiger partial charge in [0.25, 0.3) is 0 Å². The van der Waals surface area contributed by atoms with Gasteiger partial charge >= 0.3 is 6.09 Å². The fraction of sp³-hybridized carbons (Fsp3) is 0.429. The summed E-state index contributed by atoms with van der Waals surface area (Å²) in [5.74, 6) is 0.0192. The number of nitrogens with zero attached hydrogens (tertiary/aromatic N) is 6. The van der Waals surface area contributed by atoms with Gasteiger partial charge in [-0.1, -0.05) is 0 Å². The number of rotatable bonds is 2. The van der Waals surface area contributed by atoms with Crippen molar-refractivity contribution in [2.75, 3.05) is 18.0 Å². The molecule has 31 heavy (non-hydrogen) atoms. The van der Waals surface area contributed by atoms with E-state index in [0.717, 1.165) is 12.6 Å². The van der Waals surface area contributed by atoms with E-state index in [1.807, 2.05) is 25.7 Å². The first-order chi connectivity index (χ1) is 14.7. The molecule has 3 fully saturated rings. The van der Waals surface area contributed by atoms with E-state index in [1.54, 1.807) is 17.0 Å². The van der Waals surface area contributed by atoms with Crippen LogP contribution >= 0.6 is 0 Å². The average molecular weight is 426 g/mol. The number of hydrogen-bond acceptors (Lipinski definition) is 7. The zero-order chi connectivity index (χ0) is 21.9. The van der Waals surface area contributed by atoms with Gasteiger partial charge in [-0.15, -0.1) is 5.10 Å². The Morgan fingerprint density at radius 3 is 2.58 bits per heavy atom.